The first-order valence-electron chi connectivity index (χ1n) is 9.32. The highest BCUT2D eigenvalue weighted by molar-refractivity contribution is 8.04. The number of hydrogen-bond acceptors (Lipinski definition) is 6. The molecule has 2 aliphatic rings. The van der Waals surface area contributed by atoms with E-state index in [1.165, 1.54) is 11.8 Å². The average molecular weight is 411 g/mol. The second-order valence-corrected chi connectivity index (χ2v) is 8.03. The molecule has 9 heteroatoms. The summed E-state index contributed by atoms with van der Waals surface area (Å²) < 4.78 is 0. The lowest BCUT2D eigenvalue weighted by Crippen LogP contribution is -2.45. The van der Waals surface area contributed by atoms with Crippen molar-refractivity contribution in [3.63, 3.8) is 0 Å². The van der Waals surface area contributed by atoms with Crippen LogP contribution in [0.5, 0.6) is 0 Å². The van der Waals surface area contributed by atoms with Crippen LogP contribution in [0.3, 0.4) is 0 Å². The minimum absolute atomic E-state index is 0.0472. The summed E-state index contributed by atoms with van der Waals surface area (Å²) in [7, 11) is 0. The fraction of sp³-hybridized carbons (Fsp3) is 0.300. The van der Waals surface area contributed by atoms with Gasteiger partial charge in [-0.25, -0.2) is 4.79 Å². The van der Waals surface area contributed by atoms with E-state index in [4.69, 9.17) is 5.73 Å². The molecule has 2 aromatic rings. The summed E-state index contributed by atoms with van der Waals surface area (Å²) in [5.41, 5.74) is 8.11. The lowest BCUT2D eigenvalue weighted by Gasteiger charge is -2.33. The van der Waals surface area contributed by atoms with Crippen LogP contribution in [0.15, 0.2) is 59.7 Å². The van der Waals surface area contributed by atoms with Crippen molar-refractivity contribution in [3.8, 4) is 0 Å². The first kappa shape index (κ1) is 19.3. The molecule has 8 nitrogen and oxygen atoms in total. The van der Waals surface area contributed by atoms with Gasteiger partial charge in [0.25, 0.3) is 5.91 Å². The summed E-state index contributed by atoms with van der Waals surface area (Å²) in [6.07, 6.45) is 6.96. The highest BCUT2D eigenvalue weighted by Gasteiger charge is 2.42. The maximum absolute atomic E-state index is 13.1. The third-order valence-electron chi connectivity index (χ3n) is 5.07. The summed E-state index contributed by atoms with van der Waals surface area (Å²) in [5, 5.41) is 0. The van der Waals surface area contributed by atoms with Gasteiger partial charge in [-0.1, -0.05) is 17.8 Å². The van der Waals surface area contributed by atoms with Crippen LogP contribution in [0.2, 0.25) is 0 Å². The number of urea groups is 1. The molecule has 4 heterocycles. The Hall–Kier alpha value is -3.07. The van der Waals surface area contributed by atoms with Gasteiger partial charge >= 0.3 is 6.03 Å². The van der Waals surface area contributed by atoms with Gasteiger partial charge in [0.05, 0.1) is 4.91 Å². The van der Waals surface area contributed by atoms with Crippen LogP contribution in [0, 0.1) is 0 Å². The summed E-state index contributed by atoms with van der Waals surface area (Å²) in [4.78, 5) is 39.4. The third kappa shape index (κ3) is 3.91. The van der Waals surface area contributed by atoms with Gasteiger partial charge in [-0.15, -0.1) is 0 Å². The minimum atomic E-state index is -0.466. The fourth-order valence-electron chi connectivity index (χ4n) is 3.57. The largest absolute Gasteiger partial charge is 0.365 e. The van der Waals surface area contributed by atoms with E-state index in [1.807, 2.05) is 41.0 Å². The maximum Gasteiger partial charge on any atom is 0.322 e. The van der Waals surface area contributed by atoms with Crippen molar-refractivity contribution >= 4 is 23.7 Å². The number of carbonyl (C=O) groups excluding carboxylic acids is 2. The smallest absolute Gasteiger partial charge is 0.322 e. The first-order valence-corrected chi connectivity index (χ1v) is 10.2. The fourth-order valence-corrected chi connectivity index (χ4v) is 4.86. The molecule has 0 spiro atoms. The van der Waals surface area contributed by atoms with Crippen molar-refractivity contribution in [1.29, 1.82) is 0 Å². The van der Waals surface area contributed by atoms with Gasteiger partial charge in [-0.2, -0.15) is 0 Å². The van der Waals surface area contributed by atoms with Gasteiger partial charge in [0.15, 0.2) is 5.50 Å². The van der Waals surface area contributed by atoms with E-state index in [1.54, 1.807) is 24.8 Å². The Kier molecular flexibility index (Phi) is 5.39. The summed E-state index contributed by atoms with van der Waals surface area (Å²) in [6, 6.07) is 7.62. The number of nitrogens with two attached hydrogens (primary N) is 1. The molecule has 150 valence electrons. The van der Waals surface area contributed by atoms with Crippen LogP contribution < -0.4 is 5.73 Å². The summed E-state index contributed by atoms with van der Waals surface area (Å²) in [5.74, 6) is -0.466. The molecule has 0 aromatic carbocycles. The van der Waals surface area contributed by atoms with Gasteiger partial charge < -0.3 is 15.5 Å². The van der Waals surface area contributed by atoms with Crippen LogP contribution in [-0.4, -0.2) is 55.2 Å². The van der Waals surface area contributed by atoms with E-state index in [9.17, 15) is 9.59 Å². The van der Waals surface area contributed by atoms with Crippen molar-refractivity contribution in [2.24, 2.45) is 5.73 Å². The summed E-state index contributed by atoms with van der Waals surface area (Å²) in [6.45, 7) is 4.17. The number of carbonyl (C=O) groups is 2. The van der Waals surface area contributed by atoms with Crippen LogP contribution in [0.4, 0.5) is 4.79 Å². The van der Waals surface area contributed by atoms with Gasteiger partial charge in [-0.05, 0) is 36.2 Å². The lowest BCUT2D eigenvalue weighted by molar-refractivity contribution is -0.114. The van der Waals surface area contributed by atoms with E-state index >= 15 is 0 Å². The van der Waals surface area contributed by atoms with Gasteiger partial charge in [-0.3, -0.25) is 19.7 Å². The zero-order chi connectivity index (χ0) is 20.4. The molecule has 1 atom stereocenters. The molecule has 1 fully saturated rings. The Morgan fingerprint density at radius 1 is 1.14 bits per heavy atom. The molecule has 2 aromatic heterocycles. The predicted molar refractivity (Wildman–Crippen MR) is 110 cm³/mol. The van der Waals surface area contributed by atoms with Crippen LogP contribution >= 0.6 is 11.8 Å². The molecule has 1 saturated heterocycles. The number of rotatable bonds is 6. The van der Waals surface area contributed by atoms with Crippen LogP contribution in [-0.2, 0) is 17.9 Å². The molecule has 3 amide bonds. The number of pyridine rings is 2. The molecular weight excluding hydrogens is 388 g/mol. The van der Waals surface area contributed by atoms with Crippen molar-refractivity contribution in [2.45, 2.75) is 25.5 Å². The molecular formula is C20H22N6O2S. The molecule has 0 bridgehead atoms. The maximum atomic E-state index is 13.1. The van der Waals surface area contributed by atoms with Crippen molar-refractivity contribution < 1.29 is 9.59 Å². The number of thioether (sulfide) groups is 1. The number of allylic oxidation sites excluding steroid dienone is 1. The van der Waals surface area contributed by atoms with E-state index in [0.29, 0.717) is 31.1 Å². The third-order valence-corrected chi connectivity index (χ3v) is 6.52. The van der Waals surface area contributed by atoms with Crippen molar-refractivity contribution in [1.82, 2.24) is 24.7 Å². The van der Waals surface area contributed by atoms with Gasteiger partial charge in [0.2, 0.25) is 0 Å². The highest BCUT2D eigenvalue weighted by atomic mass is 32.2. The SMILES string of the molecule is CC1=C(C(N)=O)SC(N2CCN(Cc3ccncc3)C2=O)N1Cc1cccnc1. The monoisotopic (exact) mass is 410 g/mol. The topological polar surface area (TPSA) is 95.7 Å². The van der Waals surface area contributed by atoms with E-state index in [-0.39, 0.29) is 11.5 Å². The number of amides is 3. The molecule has 0 saturated carbocycles. The number of aromatic nitrogens is 2. The molecule has 4 rings (SSSR count). The summed E-state index contributed by atoms with van der Waals surface area (Å²) >= 11 is 1.34. The minimum Gasteiger partial charge on any atom is -0.365 e. The van der Waals surface area contributed by atoms with Gasteiger partial charge in [0.1, 0.15) is 0 Å². The Morgan fingerprint density at radius 2 is 1.93 bits per heavy atom. The first-order chi connectivity index (χ1) is 14.0. The Bertz CT molecular complexity index is 937. The zero-order valence-electron chi connectivity index (χ0n) is 16.1. The van der Waals surface area contributed by atoms with Crippen LogP contribution in [0.1, 0.15) is 18.1 Å². The van der Waals surface area contributed by atoms with Crippen molar-refractivity contribution in [3.05, 3.63) is 70.8 Å². The standard InChI is InChI=1S/C20H22N6O2S/c1-14-17(18(21)27)29-20(26(14)13-16-3-2-6-23-11-16)25-10-9-24(19(25)28)12-15-4-7-22-8-5-15/h2-8,11,20H,9-10,12-13H2,1H3,(H2,21,27). The highest BCUT2D eigenvalue weighted by Crippen LogP contribution is 2.41. The zero-order valence-corrected chi connectivity index (χ0v) is 16.9. The molecule has 0 radical (unpaired) electrons. The quantitative estimate of drug-likeness (QED) is 0.782. The predicted octanol–water partition coefficient (Wildman–Crippen LogP) is 1.96. The Balaban J connectivity index is 1.54. The Labute approximate surface area is 173 Å². The number of nitrogens with zero attached hydrogens (tertiary/aromatic N) is 5. The van der Waals surface area contributed by atoms with Crippen molar-refractivity contribution in [2.75, 3.05) is 13.1 Å². The van der Waals surface area contributed by atoms with Gasteiger partial charge in [0, 0.05) is 56.7 Å². The lowest BCUT2D eigenvalue weighted by atomic mass is 10.2. The van der Waals surface area contributed by atoms with E-state index in [2.05, 4.69) is 14.9 Å². The molecule has 0 aliphatic carbocycles. The molecule has 1 unspecified atom stereocenters. The average Bonchev–Trinajstić information content (AvgIpc) is 3.24. The molecule has 2 N–H and O–H groups in total. The van der Waals surface area contributed by atoms with E-state index in [0.717, 1.165) is 16.8 Å². The van der Waals surface area contributed by atoms with Crippen LogP contribution in [0.25, 0.3) is 0 Å². The van der Waals surface area contributed by atoms with E-state index < -0.39 is 5.91 Å². The second-order valence-electron chi connectivity index (χ2n) is 6.97. The Morgan fingerprint density at radius 3 is 2.62 bits per heavy atom. The normalized spacial score (nSPS) is 19.4. The molecule has 29 heavy (non-hydrogen) atoms. The molecule has 2 aliphatic heterocycles. The second kappa shape index (κ2) is 8.12. The number of primary amides is 1. The number of hydrogen-bond donors (Lipinski definition) is 1.